The fourth-order valence-electron chi connectivity index (χ4n) is 10.8. The van der Waals surface area contributed by atoms with Crippen LogP contribution in [-0.4, -0.2) is 68.9 Å². The van der Waals surface area contributed by atoms with Gasteiger partial charge in [0, 0.05) is 97.5 Å². The van der Waals surface area contributed by atoms with Gasteiger partial charge < -0.3 is 39.2 Å². The van der Waals surface area contributed by atoms with Gasteiger partial charge in [0.1, 0.15) is 29.2 Å². The summed E-state index contributed by atoms with van der Waals surface area (Å²) in [6, 6.07) is 22.8. The van der Waals surface area contributed by atoms with E-state index in [1.165, 1.54) is 0 Å². The third-order valence-electron chi connectivity index (χ3n) is 14.1. The Bertz CT molecular complexity index is 2880. The molecule has 66 heavy (non-hydrogen) atoms. The van der Waals surface area contributed by atoms with Gasteiger partial charge in [-0.15, -0.1) is 0 Å². The quantitative estimate of drug-likeness (QED) is 0.108. The Morgan fingerprint density at radius 3 is 2.35 bits per heavy atom. The van der Waals surface area contributed by atoms with Gasteiger partial charge in [-0.2, -0.15) is 5.26 Å². The molecule has 0 unspecified atom stereocenters. The standard InChI is InChI=1S/C52H57ClN8O5/c1-50(2)47(51(3,4)48(50)65-36-14-12-33(25-54)40(53)24-36)58-45(62)34-26-56-49(57-27-34)60-20-17-31(18-21-60)22-32-28-61(29-32)41-10-8-9-11-43(41)66-42-15-13-35(52(5,6)64)23-38(42)39-30-59(7)46(63)44-37(39)16-19-55-44/h8-16,19,23-24,26-27,30-32,47-48,55,64H,17-18,20-22,28-29H2,1-7H3,(H,58,62). The zero-order chi connectivity index (χ0) is 46.7. The molecule has 3 fully saturated rings. The van der Waals surface area contributed by atoms with Crippen molar-refractivity contribution in [2.45, 2.75) is 78.6 Å². The number of aryl methyl sites for hydroxylation is 1. The monoisotopic (exact) mass is 908 g/mol. The van der Waals surface area contributed by atoms with Crippen molar-refractivity contribution in [2.24, 2.45) is 29.7 Å². The van der Waals surface area contributed by atoms with E-state index in [4.69, 9.17) is 21.1 Å². The number of pyridine rings is 1. The van der Waals surface area contributed by atoms with E-state index >= 15 is 0 Å². The highest BCUT2D eigenvalue weighted by Crippen LogP contribution is 2.56. The van der Waals surface area contributed by atoms with E-state index in [0.717, 1.165) is 79.0 Å². The van der Waals surface area contributed by atoms with Crippen LogP contribution in [0.4, 0.5) is 11.6 Å². The molecule has 0 spiro atoms. The van der Waals surface area contributed by atoms with Crippen molar-refractivity contribution in [2.75, 3.05) is 36.0 Å². The summed E-state index contributed by atoms with van der Waals surface area (Å²) in [5.41, 5.74) is 2.77. The lowest BCUT2D eigenvalue weighted by atomic mass is 9.49. The summed E-state index contributed by atoms with van der Waals surface area (Å²) in [6.07, 6.45) is 9.89. The number of H-pyrrole nitrogens is 1. The van der Waals surface area contributed by atoms with Gasteiger partial charge >= 0.3 is 0 Å². The summed E-state index contributed by atoms with van der Waals surface area (Å²) < 4.78 is 14.7. The number of nitrogens with one attached hydrogen (secondary N) is 2. The van der Waals surface area contributed by atoms with Crippen molar-refractivity contribution in [3.63, 3.8) is 0 Å². The average Bonchev–Trinajstić information content (AvgIpc) is 3.78. The lowest BCUT2D eigenvalue weighted by Gasteiger charge is -2.63. The molecule has 6 aromatic rings. The van der Waals surface area contributed by atoms with Crippen LogP contribution in [0.5, 0.6) is 17.2 Å². The Labute approximate surface area is 390 Å². The molecule has 2 aliphatic heterocycles. The van der Waals surface area contributed by atoms with Crippen LogP contribution in [0.25, 0.3) is 22.0 Å². The molecule has 1 aliphatic carbocycles. The molecule has 1 amide bonds. The molecule has 3 N–H and O–H groups in total. The molecule has 3 aromatic heterocycles. The van der Waals surface area contributed by atoms with E-state index in [0.29, 0.717) is 50.9 Å². The van der Waals surface area contributed by atoms with E-state index in [9.17, 15) is 20.0 Å². The van der Waals surface area contributed by atoms with Crippen LogP contribution >= 0.6 is 11.6 Å². The number of rotatable bonds is 12. The number of aromatic nitrogens is 4. The molecule has 0 atom stereocenters. The number of anilines is 2. The number of para-hydroxylation sites is 2. The number of carbonyl (C=O) groups is 1. The number of hydrogen-bond donors (Lipinski definition) is 3. The highest BCUT2D eigenvalue weighted by Gasteiger charge is 2.64. The molecule has 14 heteroatoms. The summed E-state index contributed by atoms with van der Waals surface area (Å²) in [5.74, 6) is 3.56. The zero-order valence-electron chi connectivity index (χ0n) is 38.6. The number of halogens is 1. The molecule has 9 rings (SSSR count). The molecule has 0 radical (unpaired) electrons. The topological polar surface area (TPSA) is 162 Å². The largest absolute Gasteiger partial charge is 0.489 e. The molecule has 2 saturated heterocycles. The molecule has 342 valence electrons. The highest BCUT2D eigenvalue weighted by molar-refractivity contribution is 6.31. The maximum Gasteiger partial charge on any atom is 0.274 e. The Hall–Kier alpha value is -6.36. The van der Waals surface area contributed by atoms with Crippen molar-refractivity contribution >= 4 is 40.0 Å². The third-order valence-corrected chi connectivity index (χ3v) is 14.5. The summed E-state index contributed by atoms with van der Waals surface area (Å²) in [6.45, 7) is 15.4. The smallest absolute Gasteiger partial charge is 0.274 e. The number of hydrogen-bond acceptors (Lipinski definition) is 10. The van der Waals surface area contributed by atoms with Gasteiger partial charge in [-0.25, -0.2) is 9.97 Å². The van der Waals surface area contributed by atoms with Gasteiger partial charge in [0.25, 0.3) is 11.5 Å². The first-order valence-corrected chi connectivity index (χ1v) is 23.1. The number of carbonyl (C=O) groups excluding carboxylic acids is 1. The van der Waals surface area contributed by atoms with Crippen molar-refractivity contribution < 1.29 is 19.4 Å². The first kappa shape index (κ1) is 44.8. The number of fused-ring (bicyclic) bond motifs is 1. The maximum atomic E-state index is 13.5. The number of benzene rings is 3. The lowest BCUT2D eigenvalue weighted by Crippen LogP contribution is -2.74. The van der Waals surface area contributed by atoms with E-state index in [1.807, 2.05) is 48.7 Å². The van der Waals surface area contributed by atoms with Crippen LogP contribution in [-0.2, 0) is 12.6 Å². The fourth-order valence-corrected chi connectivity index (χ4v) is 11.0. The van der Waals surface area contributed by atoms with Crippen molar-refractivity contribution in [3.8, 4) is 34.4 Å². The number of aromatic amines is 1. The van der Waals surface area contributed by atoms with Gasteiger partial charge in [-0.3, -0.25) is 9.59 Å². The van der Waals surface area contributed by atoms with Crippen LogP contribution in [0.15, 0.2) is 96.3 Å². The molecule has 13 nitrogen and oxygen atoms in total. The Morgan fingerprint density at radius 2 is 1.67 bits per heavy atom. The van der Waals surface area contributed by atoms with Crippen LogP contribution in [0, 0.1) is 34.0 Å². The summed E-state index contributed by atoms with van der Waals surface area (Å²) in [7, 11) is 1.74. The number of nitriles is 1. The third kappa shape index (κ3) is 8.37. The first-order valence-electron chi connectivity index (χ1n) is 22.7. The molecular formula is C52H57ClN8O5. The number of aliphatic hydroxyl groups is 1. The molecule has 0 bridgehead atoms. The predicted octanol–water partition coefficient (Wildman–Crippen LogP) is 9.22. The lowest BCUT2D eigenvalue weighted by molar-refractivity contribution is -0.164. The summed E-state index contributed by atoms with van der Waals surface area (Å²) in [5, 5.41) is 24.6. The first-order chi connectivity index (χ1) is 31.4. The number of nitrogens with zero attached hydrogens (tertiary/aromatic N) is 6. The van der Waals surface area contributed by atoms with Gasteiger partial charge in [0.15, 0.2) is 5.75 Å². The highest BCUT2D eigenvalue weighted by atomic mass is 35.5. The van der Waals surface area contributed by atoms with Gasteiger partial charge in [0.05, 0.1) is 27.4 Å². The second-order valence-corrected chi connectivity index (χ2v) is 20.5. The molecule has 5 heterocycles. The van der Waals surface area contributed by atoms with E-state index in [-0.39, 0.29) is 34.4 Å². The SMILES string of the molecule is Cn1cc(-c2cc(C(C)(C)O)ccc2Oc2ccccc2N2CC(CC3CCN(c4ncc(C(=O)NC5C(C)(C)C(Oc6ccc(C#N)c(Cl)c6)C5(C)C)cn4)CC3)C2)c2cc[nH]c2c1=O. The Morgan fingerprint density at radius 1 is 0.955 bits per heavy atom. The van der Waals surface area contributed by atoms with Crippen LogP contribution in [0.1, 0.15) is 82.3 Å². The van der Waals surface area contributed by atoms with E-state index in [2.05, 4.69) is 69.9 Å². The second-order valence-electron chi connectivity index (χ2n) is 20.1. The molecular weight excluding hydrogens is 852 g/mol. The second kappa shape index (κ2) is 17.1. The fraction of sp³-hybridized carbons (Fsp3) is 0.404. The minimum absolute atomic E-state index is 0.111. The Kier molecular flexibility index (Phi) is 11.6. The summed E-state index contributed by atoms with van der Waals surface area (Å²) in [4.78, 5) is 43.4. The van der Waals surface area contributed by atoms with Crippen molar-refractivity contribution in [1.29, 1.82) is 5.26 Å². The van der Waals surface area contributed by atoms with Gasteiger partial charge in [-0.05, 0) is 93.0 Å². The van der Waals surface area contributed by atoms with E-state index < -0.39 is 5.60 Å². The van der Waals surface area contributed by atoms with Crippen LogP contribution in [0.2, 0.25) is 5.02 Å². The predicted molar refractivity (Wildman–Crippen MR) is 257 cm³/mol. The number of piperidine rings is 1. The minimum atomic E-state index is -1.08. The normalized spacial score (nSPS) is 19.5. The van der Waals surface area contributed by atoms with Crippen LogP contribution in [0.3, 0.4) is 0 Å². The molecule has 3 aromatic carbocycles. The number of amides is 1. The van der Waals surface area contributed by atoms with Gasteiger partial charge in [0.2, 0.25) is 5.95 Å². The summed E-state index contributed by atoms with van der Waals surface area (Å²) >= 11 is 6.27. The van der Waals surface area contributed by atoms with Crippen LogP contribution < -0.4 is 30.1 Å². The molecule has 3 aliphatic rings. The van der Waals surface area contributed by atoms with Crippen molar-refractivity contribution in [1.82, 2.24) is 24.8 Å². The van der Waals surface area contributed by atoms with E-state index in [1.54, 1.807) is 62.3 Å². The maximum absolute atomic E-state index is 13.5. The van der Waals surface area contributed by atoms with Gasteiger partial charge in [-0.1, -0.05) is 57.5 Å². The number of ether oxygens (including phenoxy) is 2. The zero-order valence-corrected chi connectivity index (χ0v) is 39.3. The molecule has 1 saturated carbocycles. The average molecular weight is 910 g/mol. The van der Waals surface area contributed by atoms with Crippen molar-refractivity contribution in [3.05, 3.63) is 124 Å². The Balaban J connectivity index is 0.785. The minimum Gasteiger partial charge on any atom is -0.489 e.